The molecule has 41 heavy (non-hydrogen) atoms. The number of benzene rings is 2. The van der Waals surface area contributed by atoms with Gasteiger partial charge in [0.25, 0.3) is 15.6 Å². The predicted octanol–water partition coefficient (Wildman–Crippen LogP) is 3.51. The SMILES string of the molecule is N=C(/C=C\NCC(O)CO)C[C@@H]1CCc2cc(C(O)(C(F)(F)F)C(F)(F)F)ccc2N1S(=O)(=O)c1ccc(F)cc1. The molecule has 0 aromatic heterocycles. The summed E-state index contributed by atoms with van der Waals surface area (Å²) in [6.07, 6.45) is -11.4. The number of allylic oxidation sites excluding steroid dienone is 1. The van der Waals surface area contributed by atoms with Crippen LogP contribution in [0, 0.1) is 11.2 Å². The van der Waals surface area contributed by atoms with Gasteiger partial charge in [-0.15, -0.1) is 0 Å². The second-order valence-corrected chi connectivity index (χ2v) is 11.1. The van der Waals surface area contributed by atoms with Crippen LogP contribution in [0.5, 0.6) is 0 Å². The van der Waals surface area contributed by atoms with E-state index in [2.05, 4.69) is 5.32 Å². The van der Waals surface area contributed by atoms with E-state index < -0.39 is 63.0 Å². The Morgan fingerprint density at radius 1 is 1.10 bits per heavy atom. The van der Waals surface area contributed by atoms with Crippen LogP contribution in [0.2, 0.25) is 0 Å². The summed E-state index contributed by atoms with van der Waals surface area (Å²) in [5.74, 6) is -0.756. The molecule has 0 fully saturated rings. The molecule has 1 aliphatic heterocycles. The van der Waals surface area contributed by atoms with Crippen LogP contribution in [0.15, 0.2) is 59.6 Å². The van der Waals surface area contributed by atoms with Crippen LogP contribution in [-0.4, -0.2) is 67.1 Å². The van der Waals surface area contributed by atoms with Crippen LogP contribution in [0.3, 0.4) is 0 Å². The summed E-state index contributed by atoms with van der Waals surface area (Å²) in [7, 11) is -4.57. The van der Waals surface area contributed by atoms with E-state index in [0.29, 0.717) is 12.1 Å². The fraction of sp³-hybridized carbons (Fsp3) is 0.400. The molecule has 0 amide bonds. The van der Waals surface area contributed by atoms with Crippen molar-refractivity contribution in [3.8, 4) is 0 Å². The van der Waals surface area contributed by atoms with Gasteiger partial charge in [-0.2, -0.15) is 26.3 Å². The van der Waals surface area contributed by atoms with Gasteiger partial charge in [0, 0.05) is 24.2 Å². The zero-order chi connectivity index (χ0) is 30.8. The average molecular weight is 614 g/mol. The molecule has 2 atom stereocenters. The first-order valence-electron chi connectivity index (χ1n) is 12.0. The number of hydrogen-bond acceptors (Lipinski definition) is 7. The molecule has 0 spiro atoms. The molecule has 2 aromatic rings. The summed E-state index contributed by atoms with van der Waals surface area (Å²) in [6, 6.07) is 4.12. The minimum Gasteiger partial charge on any atom is -0.394 e. The Labute approximate surface area is 230 Å². The van der Waals surface area contributed by atoms with Crippen LogP contribution in [0.25, 0.3) is 0 Å². The molecule has 2 aromatic carbocycles. The normalized spacial score (nSPS) is 17.4. The van der Waals surface area contributed by atoms with E-state index >= 15 is 0 Å². The van der Waals surface area contributed by atoms with Gasteiger partial charge in [-0.3, -0.25) is 4.31 Å². The molecule has 0 bridgehead atoms. The topological polar surface area (TPSA) is 134 Å². The first-order valence-corrected chi connectivity index (χ1v) is 13.4. The lowest BCUT2D eigenvalue weighted by molar-refractivity contribution is -0.376. The number of aryl methyl sites for hydroxylation is 1. The number of rotatable bonds is 10. The number of halogens is 7. The molecular formula is C25H26F7N3O5S. The van der Waals surface area contributed by atoms with Gasteiger partial charge in [0.15, 0.2) is 0 Å². The molecule has 1 heterocycles. The zero-order valence-corrected chi connectivity index (χ0v) is 21.9. The molecule has 0 aliphatic carbocycles. The Morgan fingerprint density at radius 3 is 2.27 bits per heavy atom. The molecule has 3 rings (SSSR count). The van der Waals surface area contributed by atoms with Crippen LogP contribution in [0.1, 0.15) is 24.0 Å². The van der Waals surface area contributed by atoms with Gasteiger partial charge in [-0.25, -0.2) is 12.8 Å². The van der Waals surface area contributed by atoms with Crippen molar-refractivity contribution in [3.05, 3.63) is 71.7 Å². The quantitative estimate of drug-likeness (QED) is 0.206. The molecule has 1 unspecified atom stereocenters. The zero-order valence-electron chi connectivity index (χ0n) is 21.0. The number of nitrogens with one attached hydrogen (secondary N) is 2. The van der Waals surface area contributed by atoms with Crippen LogP contribution in [-0.2, 0) is 22.0 Å². The van der Waals surface area contributed by atoms with E-state index in [1.54, 1.807) is 0 Å². The van der Waals surface area contributed by atoms with Gasteiger partial charge in [0.2, 0.25) is 0 Å². The second-order valence-electron chi connectivity index (χ2n) is 9.30. The average Bonchev–Trinajstić information content (AvgIpc) is 2.88. The summed E-state index contributed by atoms with van der Waals surface area (Å²) < 4.78 is 122. The van der Waals surface area contributed by atoms with Crippen molar-refractivity contribution in [1.29, 1.82) is 5.41 Å². The second kappa shape index (κ2) is 12.0. The summed E-state index contributed by atoms with van der Waals surface area (Å²) in [5.41, 5.74) is -7.36. The van der Waals surface area contributed by atoms with Crippen molar-refractivity contribution < 1.29 is 54.5 Å². The van der Waals surface area contributed by atoms with Crippen molar-refractivity contribution in [2.24, 2.45) is 0 Å². The maximum absolute atomic E-state index is 13.7. The highest BCUT2D eigenvalue weighted by molar-refractivity contribution is 7.92. The molecular weight excluding hydrogens is 587 g/mol. The Kier molecular flexibility index (Phi) is 9.42. The minimum absolute atomic E-state index is 0.0489. The van der Waals surface area contributed by atoms with Crippen LogP contribution < -0.4 is 9.62 Å². The van der Waals surface area contributed by atoms with Gasteiger partial charge in [0.05, 0.1) is 29.3 Å². The van der Waals surface area contributed by atoms with Gasteiger partial charge in [-0.05, 0) is 61.0 Å². The van der Waals surface area contributed by atoms with Gasteiger partial charge >= 0.3 is 12.4 Å². The Morgan fingerprint density at radius 2 is 1.71 bits per heavy atom. The lowest BCUT2D eigenvalue weighted by Gasteiger charge is -2.39. The third-order valence-corrected chi connectivity index (χ3v) is 8.31. The fourth-order valence-electron chi connectivity index (χ4n) is 4.33. The number of nitrogens with zero attached hydrogens (tertiary/aromatic N) is 1. The third-order valence-electron chi connectivity index (χ3n) is 6.43. The summed E-state index contributed by atoms with van der Waals surface area (Å²) in [6.45, 7) is -0.562. The van der Waals surface area contributed by atoms with E-state index in [-0.39, 0.29) is 42.8 Å². The number of aliphatic hydroxyl groups excluding tert-OH is 2. The summed E-state index contributed by atoms with van der Waals surface area (Å²) in [5, 5.41) is 38.9. The standard InChI is InChI=1S/C25H26F7N3O5S/c26-17-3-6-21(7-4-17)41(39,40)35-19(12-18(33)9-10-34-13-20(37)14-36)5-1-15-11-16(2-8-22(15)35)23(38,24(27,28)29)25(30,31)32/h2-4,6-11,19-20,33-34,36-38H,1,5,12-14H2/b10-9-,33-18?/t19-,20?/m0/s1. The molecule has 0 radical (unpaired) electrons. The van der Waals surface area contributed by atoms with Gasteiger partial charge in [0.1, 0.15) is 5.82 Å². The molecule has 8 nitrogen and oxygen atoms in total. The maximum atomic E-state index is 13.7. The highest BCUT2D eigenvalue weighted by Crippen LogP contribution is 2.51. The van der Waals surface area contributed by atoms with Crippen LogP contribution >= 0.6 is 0 Å². The van der Waals surface area contributed by atoms with Gasteiger partial charge in [-0.1, -0.05) is 12.1 Å². The van der Waals surface area contributed by atoms with E-state index in [4.69, 9.17) is 10.5 Å². The Bertz CT molecular complexity index is 1370. The third kappa shape index (κ3) is 6.66. The lowest BCUT2D eigenvalue weighted by atomic mass is 9.87. The van der Waals surface area contributed by atoms with E-state index in [0.717, 1.165) is 34.6 Å². The monoisotopic (exact) mass is 613 g/mol. The Hall–Kier alpha value is -3.21. The molecule has 5 N–H and O–H groups in total. The molecule has 16 heteroatoms. The number of alkyl halides is 6. The van der Waals surface area contributed by atoms with Crippen molar-refractivity contribution in [3.63, 3.8) is 0 Å². The largest absolute Gasteiger partial charge is 0.430 e. The molecule has 0 saturated carbocycles. The number of hydrogen-bond donors (Lipinski definition) is 5. The fourth-order valence-corrected chi connectivity index (χ4v) is 6.05. The smallest absolute Gasteiger partial charge is 0.394 e. The van der Waals surface area contributed by atoms with Gasteiger partial charge < -0.3 is 26.0 Å². The molecule has 1 aliphatic rings. The number of sulfonamides is 1. The first kappa shape index (κ1) is 32.3. The molecule has 0 saturated heterocycles. The highest BCUT2D eigenvalue weighted by atomic mass is 32.2. The van der Waals surface area contributed by atoms with E-state index in [9.17, 15) is 49.4 Å². The summed E-state index contributed by atoms with van der Waals surface area (Å²) in [4.78, 5) is -0.412. The molecule has 226 valence electrons. The number of fused-ring (bicyclic) bond motifs is 1. The van der Waals surface area contributed by atoms with E-state index in [1.165, 1.54) is 12.3 Å². The maximum Gasteiger partial charge on any atom is 0.430 e. The van der Waals surface area contributed by atoms with Crippen LogP contribution in [0.4, 0.5) is 36.4 Å². The number of anilines is 1. The highest BCUT2D eigenvalue weighted by Gasteiger charge is 2.71. The summed E-state index contributed by atoms with van der Waals surface area (Å²) >= 11 is 0. The van der Waals surface area contributed by atoms with Crippen molar-refractivity contribution in [1.82, 2.24) is 5.32 Å². The van der Waals surface area contributed by atoms with Crippen molar-refractivity contribution in [2.45, 2.75) is 54.3 Å². The van der Waals surface area contributed by atoms with Crippen molar-refractivity contribution >= 4 is 21.4 Å². The number of aliphatic hydroxyl groups is 3. The van der Waals surface area contributed by atoms with E-state index in [1.807, 2.05) is 0 Å². The first-order chi connectivity index (χ1) is 18.9. The minimum atomic E-state index is -6.14. The lowest BCUT2D eigenvalue weighted by Crippen LogP contribution is -2.54. The van der Waals surface area contributed by atoms with Crippen molar-refractivity contribution in [2.75, 3.05) is 17.5 Å². The Balaban J connectivity index is 2.06. The predicted molar refractivity (Wildman–Crippen MR) is 133 cm³/mol.